The maximum atomic E-state index is 5.57. The van der Waals surface area contributed by atoms with Gasteiger partial charge in [0, 0.05) is 13.6 Å². The fraction of sp³-hybridized carbons (Fsp3) is 0.333. The molecule has 6 heteroatoms. The van der Waals surface area contributed by atoms with E-state index in [0.29, 0.717) is 12.5 Å². The van der Waals surface area contributed by atoms with Crippen LogP contribution >= 0.6 is 11.3 Å². The van der Waals surface area contributed by atoms with Crippen molar-refractivity contribution in [3.63, 3.8) is 0 Å². The second-order valence-electron chi connectivity index (χ2n) is 2.88. The van der Waals surface area contributed by atoms with Crippen LogP contribution in [0.1, 0.15) is 5.56 Å². The van der Waals surface area contributed by atoms with E-state index in [1.807, 2.05) is 5.38 Å². The van der Waals surface area contributed by atoms with Crippen LogP contribution in [0.4, 0.5) is 0 Å². The molecule has 0 radical (unpaired) electrons. The molecule has 82 valence electrons. The van der Waals surface area contributed by atoms with Gasteiger partial charge in [0.2, 0.25) is 0 Å². The van der Waals surface area contributed by atoms with Crippen molar-refractivity contribution in [2.45, 2.75) is 6.42 Å². The summed E-state index contributed by atoms with van der Waals surface area (Å²) in [5.41, 5.74) is 12.3. The number of guanidine groups is 2. The molecular weight excluding hydrogens is 210 g/mol. The van der Waals surface area contributed by atoms with Crippen LogP contribution in [0.2, 0.25) is 0 Å². The molecule has 5 nitrogen and oxygen atoms in total. The predicted octanol–water partition coefficient (Wildman–Crippen LogP) is 0.139. The topological polar surface area (TPSA) is 88.8 Å². The first kappa shape index (κ1) is 11.5. The van der Waals surface area contributed by atoms with Crippen molar-refractivity contribution >= 4 is 23.3 Å². The summed E-state index contributed by atoms with van der Waals surface area (Å²) in [4.78, 5) is 7.82. The van der Waals surface area contributed by atoms with Crippen LogP contribution in [0, 0.1) is 0 Å². The summed E-state index contributed by atoms with van der Waals surface area (Å²) < 4.78 is 0. The van der Waals surface area contributed by atoms with Gasteiger partial charge < -0.3 is 11.5 Å². The standard InChI is InChI=1S/C9H15N5S/c1-12-8(10)14-9(11)13-4-2-7-3-5-15-6-7/h3,5-6H,2,4H2,1H3,(H5,10,11,12,13,14). The number of thiophene rings is 1. The van der Waals surface area contributed by atoms with E-state index >= 15 is 0 Å². The number of hydrogen-bond acceptors (Lipinski definition) is 3. The molecule has 0 aliphatic heterocycles. The van der Waals surface area contributed by atoms with Crippen LogP contribution in [-0.4, -0.2) is 25.5 Å². The molecule has 1 heterocycles. The molecule has 0 aliphatic carbocycles. The summed E-state index contributed by atoms with van der Waals surface area (Å²) in [6.45, 7) is 0.645. The van der Waals surface area contributed by atoms with Crippen LogP contribution in [0.15, 0.2) is 26.8 Å². The number of nitrogens with zero attached hydrogens (tertiary/aromatic N) is 2. The van der Waals surface area contributed by atoms with Gasteiger partial charge in [0.05, 0.1) is 0 Å². The maximum Gasteiger partial charge on any atom is 0.195 e. The highest BCUT2D eigenvalue weighted by Gasteiger charge is 1.94. The average molecular weight is 225 g/mol. The highest BCUT2D eigenvalue weighted by Crippen LogP contribution is 2.06. The van der Waals surface area contributed by atoms with E-state index in [1.54, 1.807) is 18.4 Å². The van der Waals surface area contributed by atoms with Gasteiger partial charge >= 0.3 is 0 Å². The summed E-state index contributed by atoms with van der Waals surface area (Å²) in [5.74, 6) is 0.570. The minimum Gasteiger partial charge on any atom is -0.370 e. The van der Waals surface area contributed by atoms with Crippen LogP contribution in [0.25, 0.3) is 0 Å². The van der Waals surface area contributed by atoms with Gasteiger partial charge in [-0.25, -0.2) is 0 Å². The van der Waals surface area contributed by atoms with E-state index in [-0.39, 0.29) is 5.96 Å². The molecule has 0 aromatic carbocycles. The zero-order valence-corrected chi connectivity index (χ0v) is 9.42. The molecule has 0 aliphatic rings. The highest BCUT2D eigenvalue weighted by atomic mass is 32.1. The van der Waals surface area contributed by atoms with Crippen molar-refractivity contribution in [2.75, 3.05) is 13.6 Å². The Hall–Kier alpha value is -1.56. The average Bonchev–Trinajstić information content (AvgIpc) is 2.70. The zero-order chi connectivity index (χ0) is 11.1. The fourth-order valence-electron chi connectivity index (χ4n) is 0.967. The Kier molecular flexibility index (Phi) is 4.62. The second-order valence-corrected chi connectivity index (χ2v) is 3.66. The molecule has 0 unspecified atom stereocenters. The summed E-state index contributed by atoms with van der Waals surface area (Å²) in [6.07, 6.45) is 0.884. The number of hydrogen-bond donors (Lipinski definition) is 3. The van der Waals surface area contributed by atoms with E-state index < -0.39 is 0 Å². The van der Waals surface area contributed by atoms with Crippen molar-refractivity contribution in [3.8, 4) is 0 Å². The molecule has 0 fully saturated rings. The van der Waals surface area contributed by atoms with E-state index in [1.165, 1.54) is 5.56 Å². The largest absolute Gasteiger partial charge is 0.370 e. The molecule has 0 amide bonds. The minimum atomic E-state index is 0.270. The lowest BCUT2D eigenvalue weighted by molar-refractivity contribution is 0.959. The molecule has 5 N–H and O–H groups in total. The number of nitrogens with two attached hydrogens (primary N) is 2. The molecule has 1 aromatic rings. The molecular formula is C9H15N5S. The normalized spacial score (nSPS) is 12.9. The summed E-state index contributed by atoms with van der Waals surface area (Å²) in [6, 6.07) is 2.08. The molecule has 15 heavy (non-hydrogen) atoms. The molecule has 0 spiro atoms. The second kappa shape index (κ2) is 6.02. The van der Waals surface area contributed by atoms with E-state index in [2.05, 4.69) is 26.7 Å². The first-order chi connectivity index (χ1) is 7.22. The SMILES string of the molecule is CN=C(N)NC(N)=NCCc1ccsc1. The Labute approximate surface area is 92.9 Å². The van der Waals surface area contributed by atoms with Gasteiger partial charge in [0.1, 0.15) is 0 Å². The number of rotatable bonds is 3. The van der Waals surface area contributed by atoms with Crippen LogP contribution in [0.5, 0.6) is 0 Å². The Morgan fingerprint density at radius 1 is 1.47 bits per heavy atom. The number of nitrogens with one attached hydrogen (secondary N) is 1. The van der Waals surface area contributed by atoms with Gasteiger partial charge in [-0.05, 0) is 28.8 Å². The first-order valence-electron chi connectivity index (χ1n) is 4.52. The van der Waals surface area contributed by atoms with Crippen molar-refractivity contribution in [2.24, 2.45) is 21.5 Å². The third-order valence-electron chi connectivity index (χ3n) is 1.76. The fourth-order valence-corrected chi connectivity index (χ4v) is 1.67. The van der Waals surface area contributed by atoms with Gasteiger partial charge in [-0.3, -0.25) is 15.3 Å². The van der Waals surface area contributed by atoms with Gasteiger partial charge in [-0.1, -0.05) is 0 Å². The Morgan fingerprint density at radius 3 is 2.87 bits per heavy atom. The van der Waals surface area contributed by atoms with E-state index in [0.717, 1.165) is 6.42 Å². The van der Waals surface area contributed by atoms with Gasteiger partial charge in [0.25, 0.3) is 0 Å². The Balaban J connectivity index is 2.31. The minimum absolute atomic E-state index is 0.270. The summed E-state index contributed by atoms with van der Waals surface area (Å²) >= 11 is 1.68. The third-order valence-corrected chi connectivity index (χ3v) is 2.49. The summed E-state index contributed by atoms with van der Waals surface area (Å²) in [5, 5.41) is 6.81. The molecule has 0 atom stereocenters. The van der Waals surface area contributed by atoms with Crippen LogP contribution in [-0.2, 0) is 6.42 Å². The lowest BCUT2D eigenvalue weighted by Crippen LogP contribution is -2.41. The first-order valence-corrected chi connectivity index (χ1v) is 5.47. The highest BCUT2D eigenvalue weighted by molar-refractivity contribution is 7.07. The number of aliphatic imine (C=N–C) groups is 2. The lowest BCUT2D eigenvalue weighted by Gasteiger charge is -2.02. The van der Waals surface area contributed by atoms with Crippen molar-refractivity contribution in [3.05, 3.63) is 22.4 Å². The van der Waals surface area contributed by atoms with Gasteiger partial charge in [-0.15, -0.1) is 0 Å². The quantitative estimate of drug-likeness (QED) is 0.505. The predicted molar refractivity (Wildman–Crippen MR) is 65.2 cm³/mol. The molecule has 0 bridgehead atoms. The third kappa shape index (κ3) is 4.46. The molecule has 1 aromatic heterocycles. The van der Waals surface area contributed by atoms with E-state index in [9.17, 15) is 0 Å². The maximum absolute atomic E-state index is 5.57. The molecule has 0 saturated carbocycles. The van der Waals surface area contributed by atoms with Crippen molar-refractivity contribution in [1.29, 1.82) is 0 Å². The van der Waals surface area contributed by atoms with Gasteiger partial charge in [-0.2, -0.15) is 11.3 Å². The Morgan fingerprint density at radius 2 is 2.27 bits per heavy atom. The monoisotopic (exact) mass is 225 g/mol. The van der Waals surface area contributed by atoms with Crippen molar-refractivity contribution < 1.29 is 0 Å². The summed E-state index contributed by atoms with van der Waals surface area (Å²) in [7, 11) is 1.58. The smallest absolute Gasteiger partial charge is 0.195 e. The zero-order valence-electron chi connectivity index (χ0n) is 8.60. The Bertz CT molecular complexity index is 341. The van der Waals surface area contributed by atoms with E-state index in [4.69, 9.17) is 11.5 Å². The van der Waals surface area contributed by atoms with Crippen LogP contribution < -0.4 is 16.8 Å². The molecule has 0 saturated heterocycles. The lowest BCUT2D eigenvalue weighted by atomic mass is 10.2. The molecule has 1 rings (SSSR count). The van der Waals surface area contributed by atoms with Crippen molar-refractivity contribution in [1.82, 2.24) is 5.32 Å². The van der Waals surface area contributed by atoms with Crippen LogP contribution in [0.3, 0.4) is 0 Å². The van der Waals surface area contributed by atoms with Gasteiger partial charge in [0.15, 0.2) is 11.9 Å².